The highest BCUT2D eigenvalue weighted by Crippen LogP contribution is 2.26. The third-order valence-electron chi connectivity index (χ3n) is 3.09. The lowest BCUT2D eigenvalue weighted by Gasteiger charge is -2.21. The predicted molar refractivity (Wildman–Crippen MR) is 75.1 cm³/mol. The highest BCUT2D eigenvalue weighted by atomic mass is 32.2. The van der Waals surface area contributed by atoms with Gasteiger partial charge in [0.05, 0.1) is 5.60 Å². The fraction of sp³-hybridized carbons (Fsp3) is 0.462. The van der Waals surface area contributed by atoms with Crippen LogP contribution < -0.4 is 10.6 Å². The van der Waals surface area contributed by atoms with Gasteiger partial charge in [0.1, 0.15) is 5.82 Å². The zero-order valence-electron chi connectivity index (χ0n) is 10.7. The largest absolute Gasteiger partial charge is 0.387 e. The monoisotopic (exact) mass is 284 g/mol. The molecule has 1 atom stereocenters. The van der Waals surface area contributed by atoms with Crippen LogP contribution in [0.25, 0.3) is 0 Å². The maximum Gasteiger partial charge on any atom is 0.319 e. The lowest BCUT2D eigenvalue weighted by molar-refractivity contribution is 0.0706. The van der Waals surface area contributed by atoms with Gasteiger partial charge < -0.3 is 15.7 Å². The van der Waals surface area contributed by atoms with Gasteiger partial charge in [0.15, 0.2) is 0 Å². The Balaban J connectivity index is 1.85. The van der Waals surface area contributed by atoms with E-state index in [0.29, 0.717) is 23.4 Å². The van der Waals surface area contributed by atoms with Crippen LogP contribution in [0.4, 0.5) is 14.9 Å². The molecule has 1 aliphatic heterocycles. The number of aryl methyl sites for hydroxylation is 1. The van der Waals surface area contributed by atoms with Gasteiger partial charge in [-0.05, 0) is 36.8 Å². The molecule has 0 aliphatic carbocycles. The Hall–Kier alpha value is -1.27. The van der Waals surface area contributed by atoms with Gasteiger partial charge in [-0.15, -0.1) is 0 Å². The third kappa shape index (κ3) is 3.84. The Morgan fingerprint density at radius 3 is 3.00 bits per heavy atom. The fourth-order valence-corrected chi connectivity index (χ4v) is 3.12. The summed E-state index contributed by atoms with van der Waals surface area (Å²) in [5, 5.41) is 15.2. The fourth-order valence-electron chi connectivity index (χ4n) is 1.83. The molecular weight excluding hydrogens is 267 g/mol. The summed E-state index contributed by atoms with van der Waals surface area (Å²) in [6.07, 6.45) is 0.678. The molecule has 1 heterocycles. The summed E-state index contributed by atoms with van der Waals surface area (Å²) in [6.45, 7) is 1.87. The zero-order chi connectivity index (χ0) is 13.9. The van der Waals surface area contributed by atoms with Crippen LogP contribution in [-0.4, -0.2) is 34.8 Å². The van der Waals surface area contributed by atoms with E-state index in [1.54, 1.807) is 30.8 Å². The number of carbonyl (C=O) groups is 1. The summed E-state index contributed by atoms with van der Waals surface area (Å²) in [4.78, 5) is 11.6. The van der Waals surface area contributed by atoms with E-state index in [1.807, 2.05) is 0 Å². The number of halogens is 1. The minimum Gasteiger partial charge on any atom is -0.387 e. The second-order valence-corrected chi connectivity index (χ2v) is 5.90. The molecule has 0 spiro atoms. The van der Waals surface area contributed by atoms with Crippen molar-refractivity contribution in [3.8, 4) is 0 Å². The van der Waals surface area contributed by atoms with Crippen molar-refractivity contribution in [2.24, 2.45) is 0 Å². The first kappa shape index (κ1) is 14.1. The average molecular weight is 284 g/mol. The molecule has 0 bridgehead atoms. The summed E-state index contributed by atoms with van der Waals surface area (Å²) in [7, 11) is 0. The molecule has 3 N–H and O–H groups in total. The Morgan fingerprint density at radius 1 is 1.58 bits per heavy atom. The Bertz CT molecular complexity index is 476. The van der Waals surface area contributed by atoms with E-state index in [2.05, 4.69) is 10.6 Å². The zero-order valence-corrected chi connectivity index (χ0v) is 11.5. The van der Waals surface area contributed by atoms with Crippen LogP contribution in [-0.2, 0) is 0 Å². The average Bonchev–Trinajstić information content (AvgIpc) is 2.79. The standard InChI is InChI=1S/C13H17FN2O2S/c1-9-2-3-10(6-11(9)14)16-12(17)15-7-13(18)4-5-19-8-13/h2-3,6,18H,4-5,7-8H2,1H3,(H2,15,16,17). The maximum atomic E-state index is 13.3. The Labute approximate surface area is 115 Å². The van der Waals surface area contributed by atoms with E-state index in [4.69, 9.17) is 0 Å². The highest BCUT2D eigenvalue weighted by Gasteiger charge is 2.31. The number of urea groups is 1. The SMILES string of the molecule is Cc1ccc(NC(=O)NCC2(O)CCSC2)cc1F. The molecule has 1 aromatic carbocycles. The number of hydrogen-bond donors (Lipinski definition) is 3. The van der Waals surface area contributed by atoms with Gasteiger partial charge in [0, 0.05) is 18.0 Å². The van der Waals surface area contributed by atoms with Gasteiger partial charge in [0.2, 0.25) is 0 Å². The summed E-state index contributed by atoms with van der Waals surface area (Å²) in [6, 6.07) is 4.08. The summed E-state index contributed by atoms with van der Waals surface area (Å²) >= 11 is 1.67. The van der Waals surface area contributed by atoms with Crippen molar-refractivity contribution < 1.29 is 14.3 Å². The highest BCUT2D eigenvalue weighted by molar-refractivity contribution is 7.99. The van der Waals surface area contributed by atoms with E-state index in [9.17, 15) is 14.3 Å². The van der Waals surface area contributed by atoms with Crippen molar-refractivity contribution in [3.05, 3.63) is 29.6 Å². The van der Waals surface area contributed by atoms with Crippen LogP contribution in [0.5, 0.6) is 0 Å². The van der Waals surface area contributed by atoms with E-state index < -0.39 is 11.6 Å². The lowest BCUT2D eigenvalue weighted by Crippen LogP contribution is -2.44. The first-order valence-electron chi connectivity index (χ1n) is 6.10. The normalized spacial score (nSPS) is 22.3. The van der Waals surface area contributed by atoms with Crippen molar-refractivity contribution in [1.82, 2.24) is 5.32 Å². The van der Waals surface area contributed by atoms with Gasteiger partial charge in [-0.3, -0.25) is 0 Å². The maximum absolute atomic E-state index is 13.3. The first-order valence-corrected chi connectivity index (χ1v) is 7.25. The molecule has 1 aromatic rings. The van der Waals surface area contributed by atoms with Crippen LogP contribution in [0.2, 0.25) is 0 Å². The number of nitrogens with one attached hydrogen (secondary N) is 2. The van der Waals surface area contributed by atoms with Crippen molar-refractivity contribution in [1.29, 1.82) is 0 Å². The Kier molecular flexibility index (Phi) is 4.31. The number of rotatable bonds is 3. The summed E-state index contributed by atoms with van der Waals surface area (Å²) in [5.41, 5.74) is 0.109. The molecule has 104 valence electrons. The molecule has 0 radical (unpaired) electrons. The smallest absolute Gasteiger partial charge is 0.319 e. The first-order chi connectivity index (χ1) is 8.98. The van der Waals surface area contributed by atoms with E-state index in [1.165, 1.54) is 6.07 Å². The Morgan fingerprint density at radius 2 is 2.37 bits per heavy atom. The van der Waals surface area contributed by atoms with Crippen LogP contribution in [0.3, 0.4) is 0 Å². The van der Waals surface area contributed by atoms with Gasteiger partial charge >= 0.3 is 6.03 Å². The third-order valence-corrected chi connectivity index (χ3v) is 4.32. The van der Waals surface area contributed by atoms with Crippen molar-refractivity contribution in [2.75, 3.05) is 23.4 Å². The second kappa shape index (κ2) is 5.79. The number of aliphatic hydroxyl groups is 1. The molecule has 2 amide bonds. The molecule has 0 aromatic heterocycles. The molecule has 1 fully saturated rings. The van der Waals surface area contributed by atoms with E-state index in [0.717, 1.165) is 5.75 Å². The topological polar surface area (TPSA) is 61.4 Å². The van der Waals surface area contributed by atoms with E-state index in [-0.39, 0.29) is 12.4 Å². The molecular formula is C13H17FN2O2S. The quantitative estimate of drug-likeness (QED) is 0.797. The van der Waals surface area contributed by atoms with Crippen molar-refractivity contribution >= 4 is 23.5 Å². The van der Waals surface area contributed by atoms with Crippen LogP contribution in [0, 0.1) is 12.7 Å². The summed E-state index contributed by atoms with van der Waals surface area (Å²) in [5.74, 6) is 1.18. The number of hydrogen-bond acceptors (Lipinski definition) is 3. The lowest BCUT2D eigenvalue weighted by atomic mass is 10.0. The molecule has 19 heavy (non-hydrogen) atoms. The van der Waals surface area contributed by atoms with Crippen LogP contribution in [0.15, 0.2) is 18.2 Å². The van der Waals surface area contributed by atoms with Gasteiger partial charge in [-0.25, -0.2) is 9.18 Å². The summed E-state index contributed by atoms with van der Waals surface area (Å²) < 4.78 is 13.3. The van der Waals surface area contributed by atoms with Crippen molar-refractivity contribution in [3.63, 3.8) is 0 Å². The molecule has 6 heteroatoms. The minimum absolute atomic E-state index is 0.209. The second-order valence-electron chi connectivity index (χ2n) is 4.80. The van der Waals surface area contributed by atoms with E-state index >= 15 is 0 Å². The molecule has 1 saturated heterocycles. The van der Waals surface area contributed by atoms with Crippen molar-refractivity contribution in [2.45, 2.75) is 18.9 Å². The molecule has 4 nitrogen and oxygen atoms in total. The number of anilines is 1. The molecule has 1 unspecified atom stereocenters. The number of thioether (sulfide) groups is 1. The predicted octanol–water partition coefficient (Wildman–Crippen LogP) is 2.12. The molecule has 0 saturated carbocycles. The molecule has 2 rings (SSSR count). The van der Waals surface area contributed by atoms with Crippen LogP contribution >= 0.6 is 11.8 Å². The van der Waals surface area contributed by atoms with Crippen LogP contribution in [0.1, 0.15) is 12.0 Å². The minimum atomic E-state index is -0.819. The number of amides is 2. The van der Waals surface area contributed by atoms with Gasteiger partial charge in [-0.2, -0.15) is 11.8 Å². The van der Waals surface area contributed by atoms with Gasteiger partial charge in [-0.1, -0.05) is 6.07 Å². The number of benzene rings is 1. The molecule has 1 aliphatic rings. The van der Waals surface area contributed by atoms with Gasteiger partial charge in [0.25, 0.3) is 0 Å². The number of carbonyl (C=O) groups excluding carboxylic acids is 1.